The van der Waals surface area contributed by atoms with Crippen LogP contribution in [0.2, 0.25) is 0 Å². The molecule has 138 valence electrons. The van der Waals surface area contributed by atoms with E-state index in [2.05, 4.69) is 5.32 Å². The molecule has 0 unspecified atom stereocenters. The lowest BCUT2D eigenvalue weighted by molar-refractivity contribution is -0.137. The second-order valence-electron chi connectivity index (χ2n) is 6.74. The average molecular weight is 356 g/mol. The first kappa shape index (κ1) is 19.3. The molecule has 1 aliphatic rings. The van der Waals surface area contributed by atoms with Crippen LogP contribution in [0, 0.1) is 0 Å². The molecule has 0 saturated heterocycles. The number of primary amides is 1. The number of carbonyl (C=O) groups excluding carboxylic acids is 1. The van der Waals surface area contributed by atoms with Gasteiger partial charge in [0, 0.05) is 6.54 Å². The Bertz CT molecular complexity index is 667. The first-order chi connectivity index (χ1) is 11.6. The van der Waals surface area contributed by atoms with Crippen LogP contribution in [-0.4, -0.2) is 24.8 Å². The number of nitrogens with two attached hydrogens (primary N) is 1. The van der Waals surface area contributed by atoms with Crippen molar-refractivity contribution in [3.8, 4) is 0 Å². The van der Waals surface area contributed by atoms with Gasteiger partial charge in [0.05, 0.1) is 5.56 Å². The summed E-state index contributed by atoms with van der Waals surface area (Å²) < 4.78 is 45.0. The molecule has 0 radical (unpaired) electrons. The SMILES string of the molecule is CC(C)(CCc1ccc(C(F)(F)F)c(C2=CCNCC2)c1)OC(N)=O. The molecule has 4 nitrogen and oxygen atoms in total. The van der Waals surface area contributed by atoms with Gasteiger partial charge in [0.1, 0.15) is 5.60 Å². The Morgan fingerprint density at radius 3 is 2.60 bits per heavy atom. The van der Waals surface area contributed by atoms with Gasteiger partial charge in [-0.15, -0.1) is 0 Å². The minimum atomic E-state index is -4.39. The second-order valence-corrected chi connectivity index (χ2v) is 6.74. The van der Waals surface area contributed by atoms with Gasteiger partial charge in [-0.25, -0.2) is 4.79 Å². The van der Waals surface area contributed by atoms with E-state index in [9.17, 15) is 18.0 Å². The van der Waals surface area contributed by atoms with Crippen molar-refractivity contribution < 1.29 is 22.7 Å². The lowest BCUT2D eigenvalue weighted by Gasteiger charge is -2.24. The third-order valence-corrected chi connectivity index (χ3v) is 4.19. The zero-order valence-corrected chi connectivity index (χ0v) is 14.4. The predicted molar refractivity (Wildman–Crippen MR) is 90.0 cm³/mol. The van der Waals surface area contributed by atoms with Gasteiger partial charge < -0.3 is 15.8 Å². The molecule has 7 heteroatoms. The fourth-order valence-corrected chi connectivity index (χ4v) is 2.90. The highest BCUT2D eigenvalue weighted by Gasteiger charge is 2.34. The first-order valence-electron chi connectivity index (χ1n) is 8.17. The van der Waals surface area contributed by atoms with Gasteiger partial charge in [-0.05, 0) is 62.4 Å². The summed E-state index contributed by atoms with van der Waals surface area (Å²) in [6, 6.07) is 4.21. The Kier molecular flexibility index (Phi) is 5.77. The second kappa shape index (κ2) is 7.47. The summed E-state index contributed by atoms with van der Waals surface area (Å²) in [4.78, 5) is 10.9. The van der Waals surface area contributed by atoms with Crippen molar-refractivity contribution in [1.29, 1.82) is 0 Å². The van der Waals surface area contributed by atoms with Gasteiger partial charge in [0.2, 0.25) is 0 Å². The largest absolute Gasteiger partial charge is 0.444 e. The monoisotopic (exact) mass is 356 g/mol. The number of carbonyl (C=O) groups is 1. The third-order valence-electron chi connectivity index (χ3n) is 4.19. The van der Waals surface area contributed by atoms with Crippen molar-refractivity contribution in [2.24, 2.45) is 5.73 Å². The molecule has 1 aromatic rings. The molecule has 0 bridgehead atoms. The summed E-state index contributed by atoms with van der Waals surface area (Å²) in [5.41, 5.74) is 5.36. The molecule has 0 saturated carbocycles. The Morgan fingerprint density at radius 1 is 1.32 bits per heavy atom. The Morgan fingerprint density at radius 2 is 2.04 bits per heavy atom. The minimum Gasteiger partial charge on any atom is -0.444 e. The van der Waals surface area contributed by atoms with E-state index < -0.39 is 23.4 Å². The van der Waals surface area contributed by atoms with Crippen molar-refractivity contribution in [2.75, 3.05) is 13.1 Å². The van der Waals surface area contributed by atoms with E-state index in [4.69, 9.17) is 10.5 Å². The van der Waals surface area contributed by atoms with Crippen LogP contribution >= 0.6 is 0 Å². The van der Waals surface area contributed by atoms with Gasteiger partial charge in [-0.1, -0.05) is 18.2 Å². The summed E-state index contributed by atoms with van der Waals surface area (Å²) >= 11 is 0. The van der Waals surface area contributed by atoms with Crippen LogP contribution < -0.4 is 11.1 Å². The Hall–Kier alpha value is -2.02. The maximum Gasteiger partial charge on any atom is 0.416 e. The summed E-state index contributed by atoms with van der Waals surface area (Å²) in [7, 11) is 0. The predicted octanol–water partition coefficient (Wildman–Crippen LogP) is 3.89. The van der Waals surface area contributed by atoms with Crippen molar-refractivity contribution >= 4 is 11.7 Å². The van der Waals surface area contributed by atoms with E-state index in [-0.39, 0.29) is 5.56 Å². The van der Waals surface area contributed by atoms with Crippen molar-refractivity contribution in [2.45, 2.75) is 44.9 Å². The standard InChI is InChI=1S/C18H23F3N2O2/c1-17(2,25-16(22)24)8-5-12-3-4-15(18(19,20)21)14(11-12)13-6-9-23-10-7-13/h3-4,6,11,23H,5,7-10H2,1-2H3,(H2,22,24). The quantitative estimate of drug-likeness (QED) is 0.841. The van der Waals surface area contributed by atoms with Crippen LogP contribution in [0.1, 0.15) is 43.4 Å². The Labute approximate surface area is 145 Å². The summed E-state index contributed by atoms with van der Waals surface area (Å²) in [6.07, 6.45) is -1.95. The van der Waals surface area contributed by atoms with Crippen LogP contribution in [0.3, 0.4) is 0 Å². The van der Waals surface area contributed by atoms with Crippen LogP contribution in [0.25, 0.3) is 5.57 Å². The van der Waals surface area contributed by atoms with Gasteiger partial charge in [0.25, 0.3) is 0 Å². The first-order valence-corrected chi connectivity index (χ1v) is 8.17. The van der Waals surface area contributed by atoms with Crippen LogP contribution in [0.5, 0.6) is 0 Å². The molecule has 2 rings (SSSR count). The topological polar surface area (TPSA) is 64.3 Å². The number of aryl methyl sites for hydroxylation is 1. The molecule has 1 aliphatic heterocycles. The van der Waals surface area contributed by atoms with E-state index in [0.717, 1.165) is 11.6 Å². The lowest BCUT2D eigenvalue weighted by atomic mass is 9.91. The summed E-state index contributed by atoms with van der Waals surface area (Å²) in [6.45, 7) is 4.67. The zero-order chi connectivity index (χ0) is 18.7. The van der Waals surface area contributed by atoms with Crippen LogP contribution in [0.15, 0.2) is 24.3 Å². The molecule has 0 aliphatic carbocycles. The maximum atomic E-state index is 13.3. The summed E-state index contributed by atoms with van der Waals surface area (Å²) in [5.74, 6) is 0. The minimum absolute atomic E-state index is 0.236. The highest BCUT2D eigenvalue weighted by atomic mass is 19.4. The third kappa shape index (κ3) is 5.49. The average Bonchev–Trinajstić information content (AvgIpc) is 2.51. The van der Waals surface area contributed by atoms with Gasteiger partial charge in [-0.2, -0.15) is 13.2 Å². The van der Waals surface area contributed by atoms with Crippen LogP contribution in [-0.2, 0) is 17.3 Å². The number of hydrogen-bond acceptors (Lipinski definition) is 3. The smallest absolute Gasteiger partial charge is 0.416 e. The molecular weight excluding hydrogens is 333 g/mol. The van der Waals surface area contributed by atoms with E-state index in [1.807, 2.05) is 0 Å². The molecule has 0 spiro atoms. The zero-order valence-electron chi connectivity index (χ0n) is 14.4. The maximum absolute atomic E-state index is 13.3. The molecule has 0 aromatic heterocycles. The van der Waals surface area contributed by atoms with Crippen LogP contribution in [0.4, 0.5) is 18.0 Å². The molecule has 25 heavy (non-hydrogen) atoms. The fraction of sp³-hybridized carbons (Fsp3) is 0.500. The van der Waals surface area contributed by atoms with Gasteiger partial charge >= 0.3 is 12.3 Å². The molecule has 0 atom stereocenters. The van der Waals surface area contributed by atoms with Crippen molar-refractivity contribution in [3.05, 3.63) is 41.0 Å². The highest BCUT2D eigenvalue weighted by Crippen LogP contribution is 2.37. The van der Waals surface area contributed by atoms with Gasteiger partial charge in [0.15, 0.2) is 0 Å². The number of ether oxygens (including phenoxy) is 1. The Balaban J connectivity index is 2.26. The number of hydrogen-bond donors (Lipinski definition) is 2. The number of halogens is 3. The lowest BCUT2D eigenvalue weighted by Crippen LogP contribution is -2.31. The van der Waals surface area contributed by atoms with E-state index >= 15 is 0 Å². The molecule has 1 amide bonds. The normalized spacial score (nSPS) is 15.6. The molecule has 1 aromatic carbocycles. The number of rotatable bonds is 5. The number of alkyl halides is 3. The molecular formula is C18H23F3N2O2. The summed E-state index contributed by atoms with van der Waals surface area (Å²) in [5, 5.41) is 3.10. The molecule has 0 fully saturated rings. The van der Waals surface area contributed by atoms with Crippen molar-refractivity contribution in [1.82, 2.24) is 5.32 Å². The van der Waals surface area contributed by atoms with E-state index in [1.165, 1.54) is 6.07 Å². The molecule has 1 heterocycles. The van der Waals surface area contributed by atoms with E-state index in [1.54, 1.807) is 26.0 Å². The van der Waals surface area contributed by atoms with Gasteiger partial charge in [-0.3, -0.25) is 0 Å². The fourth-order valence-electron chi connectivity index (χ4n) is 2.90. The number of amides is 1. The highest BCUT2D eigenvalue weighted by molar-refractivity contribution is 5.70. The number of nitrogens with one attached hydrogen (secondary N) is 1. The number of benzene rings is 1. The van der Waals surface area contributed by atoms with Crippen molar-refractivity contribution in [3.63, 3.8) is 0 Å². The van der Waals surface area contributed by atoms with E-state index in [0.29, 0.717) is 37.9 Å². The molecule has 3 N–H and O–H groups in total.